The normalized spacial score (nSPS) is 30.1. The number of nitrogens with one attached hydrogen (secondary N) is 1. The SMILES string of the molecule is O=C(Nc1ccc(-c2ccccc2F)c(Cl)c1)C12CC1(c1ccncc1)C1CCC2O1. The summed E-state index contributed by atoms with van der Waals surface area (Å²) in [7, 11) is 0. The average molecular weight is 435 g/mol. The Hall–Kier alpha value is -2.76. The van der Waals surface area contributed by atoms with Crippen LogP contribution in [0.25, 0.3) is 11.1 Å². The van der Waals surface area contributed by atoms with Crippen molar-refractivity contribution >= 4 is 23.2 Å². The molecule has 4 atom stereocenters. The van der Waals surface area contributed by atoms with E-state index in [1.54, 1.807) is 48.8 Å². The minimum atomic E-state index is -0.562. The predicted octanol–water partition coefficient (Wildman–Crippen LogP) is 5.37. The third-order valence-corrected chi connectivity index (χ3v) is 7.65. The van der Waals surface area contributed by atoms with Crippen molar-refractivity contribution in [1.29, 1.82) is 0 Å². The molecule has 2 saturated heterocycles. The van der Waals surface area contributed by atoms with Gasteiger partial charge in [-0.3, -0.25) is 9.78 Å². The number of carbonyl (C=O) groups excluding carboxylic acids is 1. The molecule has 3 aliphatic rings. The predicted molar refractivity (Wildman–Crippen MR) is 116 cm³/mol. The highest BCUT2D eigenvalue weighted by molar-refractivity contribution is 6.33. The summed E-state index contributed by atoms with van der Waals surface area (Å²) >= 11 is 6.46. The minimum Gasteiger partial charge on any atom is -0.373 e. The van der Waals surface area contributed by atoms with Gasteiger partial charge in [-0.15, -0.1) is 0 Å². The topological polar surface area (TPSA) is 51.2 Å². The lowest BCUT2D eigenvalue weighted by Gasteiger charge is -2.26. The second kappa shape index (κ2) is 6.62. The first-order valence-electron chi connectivity index (χ1n) is 10.5. The van der Waals surface area contributed by atoms with E-state index < -0.39 is 5.41 Å². The summed E-state index contributed by atoms with van der Waals surface area (Å²) in [6.45, 7) is 0. The van der Waals surface area contributed by atoms with Crippen LogP contribution in [0.3, 0.4) is 0 Å². The van der Waals surface area contributed by atoms with Gasteiger partial charge in [0.05, 0.1) is 22.6 Å². The van der Waals surface area contributed by atoms with Crippen molar-refractivity contribution in [2.45, 2.75) is 36.9 Å². The molecule has 3 fully saturated rings. The van der Waals surface area contributed by atoms with Crippen LogP contribution in [0.2, 0.25) is 5.02 Å². The van der Waals surface area contributed by atoms with Crippen molar-refractivity contribution in [2.24, 2.45) is 5.41 Å². The number of hydrogen-bond acceptors (Lipinski definition) is 3. The lowest BCUT2D eigenvalue weighted by molar-refractivity contribution is -0.124. The molecule has 4 unspecified atom stereocenters. The molecule has 1 N–H and O–H groups in total. The Labute approximate surface area is 184 Å². The van der Waals surface area contributed by atoms with E-state index in [2.05, 4.69) is 10.3 Å². The van der Waals surface area contributed by atoms with Gasteiger partial charge in [-0.2, -0.15) is 0 Å². The molecule has 4 nitrogen and oxygen atoms in total. The number of benzene rings is 2. The summed E-state index contributed by atoms with van der Waals surface area (Å²) in [5, 5.41) is 3.46. The molecule has 3 aromatic rings. The van der Waals surface area contributed by atoms with Crippen LogP contribution in [0.5, 0.6) is 0 Å². The fraction of sp³-hybridized carbons (Fsp3) is 0.280. The highest BCUT2D eigenvalue weighted by Gasteiger charge is 2.85. The van der Waals surface area contributed by atoms with Crippen LogP contribution in [0.15, 0.2) is 67.0 Å². The van der Waals surface area contributed by atoms with Gasteiger partial charge in [0.1, 0.15) is 5.82 Å². The first kappa shape index (κ1) is 19.0. The van der Waals surface area contributed by atoms with E-state index in [4.69, 9.17) is 16.3 Å². The Morgan fingerprint density at radius 3 is 2.61 bits per heavy atom. The van der Waals surface area contributed by atoms with Crippen LogP contribution in [0.4, 0.5) is 10.1 Å². The second-order valence-corrected chi connectivity index (χ2v) is 9.08. The molecular formula is C25H20ClFN2O2. The summed E-state index contributed by atoms with van der Waals surface area (Å²) < 4.78 is 20.4. The van der Waals surface area contributed by atoms with Gasteiger partial charge in [0.25, 0.3) is 0 Å². The number of ether oxygens (including phenoxy) is 1. The summed E-state index contributed by atoms with van der Waals surface area (Å²) in [4.78, 5) is 17.7. The van der Waals surface area contributed by atoms with Gasteiger partial charge < -0.3 is 10.1 Å². The number of pyridine rings is 1. The van der Waals surface area contributed by atoms with Gasteiger partial charge in [-0.05, 0) is 55.2 Å². The number of fused-ring (bicyclic) bond motifs is 5. The first-order valence-corrected chi connectivity index (χ1v) is 10.9. The quantitative estimate of drug-likeness (QED) is 0.600. The Morgan fingerprint density at radius 1 is 1.06 bits per heavy atom. The number of anilines is 1. The largest absolute Gasteiger partial charge is 0.373 e. The lowest BCUT2D eigenvalue weighted by atomic mass is 9.75. The molecule has 156 valence electrons. The zero-order chi connectivity index (χ0) is 21.2. The number of nitrogens with zero attached hydrogens (tertiary/aromatic N) is 1. The molecule has 1 saturated carbocycles. The van der Waals surface area contributed by atoms with Gasteiger partial charge in [0, 0.05) is 34.6 Å². The summed E-state index contributed by atoms with van der Waals surface area (Å²) in [5.74, 6) is -0.370. The van der Waals surface area contributed by atoms with E-state index in [0.29, 0.717) is 21.8 Å². The Balaban J connectivity index is 1.30. The maximum absolute atomic E-state index is 14.2. The van der Waals surface area contributed by atoms with Gasteiger partial charge in [0.2, 0.25) is 5.91 Å². The van der Waals surface area contributed by atoms with Crippen LogP contribution in [0, 0.1) is 11.2 Å². The number of amides is 1. The molecular weight excluding hydrogens is 415 g/mol. The fourth-order valence-corrected chi connectivity index (χ4v) is 6.20. The van der Waals surface area contributed by atoms with Gasteiger partial charge in [-0.1, -0.05) is 35.9 Å². The molecule has 0 radical (unpaired) electrons. The van der Waals surface area contributed by atoms with Crippen molar-refractivity contribution in [1.82, 2.24) is 4.98 Å². The second-order valence-electron chi connectivity index (χ2n) is 8.67. The monoisotopic (exact) mass is 434 g/mol. The third kappa shape index (κ3) is 2.50. The molecule has 3 heterocycles. The molecule has 1 aromatic heterocycles. The molecule has 6 rings (SSSR count). The smallest absolute Gasteiger partial charge is 0.234 e. The van der Waals surface area contributed by atoms with E-state index in [9.17, 15) is 9.18 Å². The molecule has 1 aliphatic carbocycles. The molecule has 2 aromatic carbocycles. The van der Waals surface area contributed by atoms with Crippen molar-refractivity contribution in [3.05, 3.63) is 83.4 Å². The summed E-state index contributed by atoms with van der Waals surface area (Å²) in [6.07, 6.45) is 6.21. The fourth-order valence-electron chi connectivity index (χ4n) is 5.92. The maximum Gasteiger partial charge on any atom is 0.234 e. The van der Waals surface area contributed by atoms with Crippen LogP contribution >= 0.6 is 11.6 Å². The maximum atomic E-state index is 14.2. The number of halogens is 2. The lowest BCUT2D eigenvalue weighted by Crippen LogP contribution is -2.39. The number of rotatable bonds is 4. The van der Waals surface area contributed by atoms with Crippen molar-refractivity contribution < 1.29 is 13.9 Å². The zero-order valence-corrected chi connectivity index (χ0v) is 17.4. The first-order chi connectivity index (χ1) is 15.1. The molecule has 0 spiro atoms. The van der Waals surface area contributed by atoms with E-state index >= 15 is 0 Å². The van der Waals surface area contributed by atoms with Crippen molar-refractivity contribution in [3.8, 4) is 11.1 Å². The number of aromatic nitrogens is 1. The van der Waals surface area contributed by atoms with E-state index in [0.717, 1.165) is 24.8 Å². The third-order valence-electron chi connectivity index (χ3n) is 7.34. The van der Waals surface area contributed by atoms with Gasteiger partial charge in [-0.25, -0.2) is 4.39 Å². The van der Waals surface area contributed by atoms with Crippen molar-refractivity contribution in [2.75, 3.05) is 5.32 Å². The Bertz CT molecular complexity index is 1200. The molecule has 31 heavy (non-hydrogen) atoms. The molecule has 6 heteroatoms. The molecule has 1 amide bonds. The standard InChI is InChI=1S/C25H20ClFN2O2/c26-19-13-16(5-6-17(19)18-3-1-2-4-20(18)27)29-23(30)25-14-24(25,15-9-11-28-12-10-15)21-7-8-22(25)31-21/h1-6,9-13,21-22H,7-8,14H2,(H,29,30). The molecule has 2 bridgehead atoms. The van der Waals surface area contributed by atoms with E-state index in [1.807, 2.05) is 12.1 Å². The summed E-state index contributed by atoms with van der Waals surface area (Å²) in [6, 6.07) is 15.7. The molecule has 2 aliphatic heterocycles. The van der Waals surface area contributed by atoms with E-state index in [-0.39, 0.29) is 29.3 Å². The average Bonchev–Trinajstić information content (AvgIpc) is 3.19. The number of hydrogen-bond donors (Lipinski definition) is 1. The van der Waals surface area contributed by atoms with Crippen LogP contribution in [-0.2, 0) is 14.9 Å². The zero-order valence-electron chi connectivity index (χ0n) is 16.6. The van der Waals surface area contributed by atoms with Crippen LogP contribution in [-0.4, -0.2) is 23.1 Å². The summed E-state index contributed by atoms with van der Waals surface area (Å²) in [5.41, 5.74) is 1.91. The van der Waals surface area contributed by atoms with Crippen LogP contribution in [0.1, 0.15) is 24.8 Å². The van der Waals surface area contributed by atoms with Crippen LogP contribution < -0.4 is 5.32 Å². The Morgan fingerprint density at radius 2 is 1.84 bits per heavy atom. The van der Waals surface area contributed by atoms with Gasteiger partial charge >= 0.3 is 0 Å². The highest BCUT2D eigenvalue weighted by atomic mass is 35.5. The van der Waals surface area contributed by atoms with Gasteiger partial charge in [0.15, 0.2) is 0 Å². The minimum absolute atomic E-state index is 0.0359. The highest BCUT2D eigenvalue weighted by Crippen LogP contribution is 2.77. The van der Waals surface area contributed by atoms with Crippen molar-refractivity contribution in [3.63, 3.8) is 0 Å². The Kier molecular flexibility index (Phi) is 4.05. The van der Waals surface area contributed by atoms with E-state index in [1.165, 1.54) is 6.07 Å². The number of carbonyl (C=O) groups is 1.